The molecule has 0 atom stereocenters. The van der Waals surface area contributed by atoms with Gasteiger partial charge in [0, 0.05) is 68.2 Å². The van der Waals surface area contributed by atoms with Crippen LogP contribution in [0, 0.1) is 203 Å². The van der Waals surface area contributed by atoms with Crippen LogP contribution in [0.5, 0.6) is 0 Å². The van der Waals surface area contributed by atoms with Crippen molar-refractivity contribution in [3.63, 3.8) is 0 Å². The molecule has 0 amide bonds. The third-order valence-electron chi connectivity index (χ3n) is 5.26. The molecular weight excluding hydrogens is 840 g/mol. The molecule has 1 aromatic carbocycles. The van der Waals surface area contributed by atoms with Gasteiger partial charge in [-0.1, -0.05) is 14.8 Å². The molecule has 0 aromatic heterocycles. The maximum absolute atomic E-state index is 2.93. The molecule has 0 aliphatic heterocycles. The summed E-state index contributed by atoms with van der Waals surface area (Å²) in [7, 11) is -0.335. The first-order valence-corrected chi connectivity index (χ1v) is 14.1. The van der Waals surface area contributed by atoms with Gasteiger partial charge in [-0.05, 0) is 173 Å². The van der Waals surface area contributed by atoms with Gasteiger partial charge in [-0.15, -0.1) is 0 Å². The van der Waals surface area contributed by atoms with E-state index < -0.39 is 0 Å². The maximum atomic E-state index is 2.93. The van der Waals surface area contributed by atoms with Crippen LogP contribution in [0.1, 0.15) is 5.56 Å². The van der Waals surface area contributed by atoms with Crippen LogP contribution in [-0.2, 0) is 73.6 Å². The minimum absolute atomic E-state index is 0. The van der Waals surface area contributed by atoms with E-state index in [1.807, 2.05) is 121 Å². The number of hydrogen-bond acceptors (Lipinski definition) is 0. The predicted octanol–water partition coefficient (Wildman–Crippen LogP) is 8.41. The van der Waals surface area contributed by atoms with Crippen molar-refractivity contribution in [3.05, 3.63) is 226 Å². The van der Waals surface area contributed by atoms with Crippen LogP contribution in [0.25, 0.3) is 0 Å². The third-order valence-corrected chi connectivity index (χ3v) is 7.71. The summed E-state index contributed by atoms with van der Waals surface area (Å²) >= 11 is 0. The Kier molecular flexibility index (Phi) is 34.6. The third kappa shape index (κ3) is 20.9. The van der Waals surface area contributed by atoms with Gasteiger partial charge in [0.2, 0.25) is 0 Å². The first-order chi connectivity index (χ1) is 18.8. The zero-order chi connectivity index (χ0) is 26.5. The van der Waals surface area contributed by atoms with Gasteiger partial charge in [0.25, 0.3) is 0 Å². The van der Waals surface area contributed by atoms with Crippen LogP contribution >= 0.6 is 7.92 Å². The molecule has 30 radical (unpaired) electrons. The van der Waals surface area contributed by atoms with Gasteiger partial charge in [-0.3, -0.25) is 0 Å². The van der Waals surface area contributed by atoms with Crippen molar-refractivity contribution in [2.45, 2.75) is 6.92 Å². The molecule has 0 bridgehead atoms. The fraction of sp³-hybridized carbons (Fsp3) is 0.0270. The Morgan fingerprint density at radius 2 is 0.595 bits per heavy atom. The summed E-state index contributed by atoms with van der Waals surface area (Å²) < 4.78 is 0. The Morgan fingerprint density at radius 3 is 0.762 bits per heavy atom. The molecule has 1 aromatic rings. The monoisotopic (exact) mass is 874 g/mol. The fourth-order valence-electron chi connectivity index (χ4n) is 3.42. The second-order valence-electron chi connectivity index (χ2n) is 8.23. The summed E-state index contributed by atoms with van der Waals surface area (Å²) in [5.74, 6) is 0. The molecule has 0 N–H and O–H groups in total. The largest absolute Gasteiger partial charge is 1.00 e. The van der Waals surface area contributed by atoms with Gasteiger partial charge in [0.05, 0.1) is 0 Å². The molecular formula is C37H34AuFe3P. The molecule has 6 aliphatic carbocycles. The number of aryl methyl sites for hydroxylation is 1. The van der Waals surface area contributed by atoms with E-state index in [1.54, 1.807) is 0 Å². The fourth-order valence-corrected chi connectivity index (χ4v) is 5.72. The molecule has 6 aliphatic rings. The van der Waals surface area contributed by atoms with Crippen LogP contribution in [0.2, 0.25) is 0 Å². The minimum atomic E-state index is -0.335. The van der Waals surface area contributed by atoms with E-state index in [1.165, 1.54) is 22.5 Å². The van der Waals surface area contributed by atoms with Crippen LogP contribution in [-0.4, -0.2) is 0 Å². The average Bonchev–Trinajstić information content (AvgIpc) is 3.81. The quantitative estimate of drug-likeness (QED) is 0.163. The summed E-state index contributed by atoms with van der Waals surface area (Å²) in [6.07, 6.45) is 56.1. The van der Waals surface area contributed by atoms with E-state index in [4.69, 9.17) is 0 Å². The first-order valence-electron chi connectivity index (χ1n) is 12.7. The van der Waals surface area contributed by atoms with Crippen molar-refractivity contribution in [1.82, 2.24) is 0 Å². The van der Waals surface area contributed by atoms with Crippen LogP contribution < -0.4 is 0 Å². The summed E-state index contributed by atoms with van der Waals surface area (Å²) in [4.78, 5) is 0. The minimum Gasteiger partial charge on any atom is -0.184 e. The second kappa shape index (κ2) is 31.5. The van der Waals surface area contributed by atoms with Crippen molar-refractivity contribution in [1.29, 1.82) is 0 Å². The molecule has 42 heavy (non-hydrogen) atoms. The van der Waals surface area contributed by atoms with Gasteiger partial charge in [-0.25, -0.2) is 0 Å². The Hall–Kier alpha value is 1.95. The number of rotatable bonds is 3. The Morgan fingerprint density at radius 1 is 0.381 bits per heavy atom. The first kappa shape index (κ1) is 46.1. The molecule has 0 saturated heterocycles. The summed E-state index contributed by atoms with van der Waals surface area (Å²) in [5.41, 5.74) is 5.60. The van der Waals surface area contributed by atoms with Gasteiger partial charge in [0.15, 0.2) is 0 Å². The molecule has 5 heteroatoms. The molecule has 222 valence electrons. The molecule has 6 fully saturated rings. The zero-order valence-electron chi connectivity index (χ0n) is 23.2. The van der Waals surface area contributed by atoms with Crippen molar-refractivity contribution in [2.24, 2.45) is 0 Å². The Balaban J connectivity index is 0. The van der Waals surface area contributed by atoms with E-state index in [0.29, 0.717) is 0 Å². The number of benzene rings is 1. The topological polar surface area (TPSA) is 0 Å². The van der Waals surface area contributed by atoms with Gasteiger partial charge >= 0.3 is 22.4 Å². The van der Waals surface area contributed by atoms with Gasteiger partial charge in [0.1, 0.15) is 0 Å². The van der Waals surface area contributed by atoms with Crippen molar-refractivity contribution in [2.75, 3.05) is 0 Å². The van der Waals surface area contributed by atoms with Crippen molar-refractivity contribution >= 4 is 7.92 Å². The summed E-state index contributed by atoms with van der Waals surface area (Å²) in [6.45, 7) is 2.06. The van der Waals surface area contributed by atoms with Gasteiger partial charge in [-0.2, -0.15) is 35.9 Å². The molecule has 0 unspecified atom stereocenters. The van der Waals surface area contributed by atoms with E-state index in [9.17, 15) is 0 Å². The Bertz CT molecular complexity index is 562. The second-order valence-corrected chi connectivity index (χ2v) is 10.4. The van der Waals surface area contributed by atoms with E-state index in [-0.39, 0.29) is 81.5 Å². The normalized spacial score (nSPS) is 21.4. The zero-order valence-corrected chi connectivity index (χ0v) is 29.6. The van der Waals surface area contributed by atoms with Crippen LogP contribution in [0.4, 0.5) is 0 Å². The van der Waals surface area contributed by atoms with Crippen LogP contribution in [0.15, 0.2) is 24.3 Å². The SMILES string of the molecule is Cc1cc[c-]cc1.[Au+].[CH]1[CH][CH][CH][CH]1.[CH]1[CH][CH][CH][CH]1.[CH]1[CH][CH][CH][CH]1.[CH]1[CH][CH][C](P([C]2[CH][CH][CH][CH]2)[C]2[CH][CH][CH][CH]2)[CH]1.[Fe].[Fe].[Fe]. The smallest absolute Gasteiger partial charge is 0.184 e. The van der Waals surface area contributed by atoms with E-state index in [2.05, 4.69) is 90.0 Å². The summed E-state index contributed by atoms with van der Waals surface area (Å²) in [6, 6.07) is 10.8. The summed E-state index contributed by atoms with van der Waals surface area (Å²) in [5, 5.41) is 0. The predicted molar refractivity (Wildman–Crippen MR) is 163 cm³/mol. The molecule has 7 rings (SSSR count). The molecule has 0 heterocycles. The standard InChI is InChI=1S/C15H12P.C7H7.3C5H5.Au.3Fe/c1-2-8-13(7-1)16(14-9-3-4-10-14)15-11-5-6-12-15;1-7-5-3-2-4-6-7;3*1-2-4-5-3-1;;;;/h1-12H;3-6H,1H3;3*1-5H;;;;/q;-1;;;;+1;;;. The van der Waals surface area contributed by atoms with Crippen molar-refractivity contribution in [3.8, 4) is 0 Å². The van der Waals surface area contributed by atoms with Crippen molar-refractivity contribution < 1.29 is 73.6 Å². The average molecular weight is 874 g/mol. The van der Waals surface area contributed by atoms with E-state index in [0.717, 1.165) is 0 Å². The number of hydrogen-bond donors (Lipinski definition) is 0. The molecule has 0 nitrogen and oxygen atoms in total. The van der Waals surface area contributed by atoms with Crippen LogP contribution in [0.3, 0.4) is 0 Å². The Labute approximate surface area is 312 Å². The molecule has 0 spiro atoms. The van der Waals surface area contributed by atoms with Gasteiger partial charge < -0.3 is 0 Å². The molecule has 6 saturated carbocycles. The maximum Gasteiger partial charge on any atom is 1.00 e. The van der Waals surface area contributed by atoms with E-state index >= 15 is 0 Å².